The molecule has 0 atom stereocenters. The molecule has 0 N–H and O–H groups in total. The van der Waals surface area contributed by atoms with Crippen molar-refractivity contribution in [1.29, 1.82) is 0 Å². The van der Waals surface area contributed by atoms with E-state index in [1.807, 2.05) is 12.1 Å². The van der Waals surface area contributed by atoms with Crippen molar-refractivity contribution in [2.75, 3.05) is 0 Å². The van der Waals surface area contributed by atoms with E-state index in [4.69, 9.17) is 21.9 Å². The van der Waals surface area contributed by atoms with E-state index in [0.717, 1.165) is 11.3 Å². The first-order valence-electron chi connectivity index (χ1n) is 5.30. The smallest absolute Gasteiger partial charge is 0.119 e. The molecule has 0 fully saturated rings. The molecule has 90 valence electrons. The van der Waals surface area contributed by atoms with Gasteiger partial charge in [0.1, 0.15) is 12.4 Å². The molecule has 2 rings (SSSR count). The van der Waals surface area contributed by atoms with E-state index in [1.165, 1.54) is 0 Å². The van der Waals surface area contributed by atoms with Crippen LogP contribution in [0.2, 0.25) is 5.02 Å². The molecule has 0 amide bonds. The molecule has 0 aliphatic carbocycles. The standard InChI is InChI=1S/C13H10ClN3O/c14-11-4-6-13(7-5-11)18-9-10-2-1-3-12(8-10)16-17-15/h1-8H,9H2. The quantitative estimate of drug-likeness (QED) is 0.439. The van der Waals surface area contributed by atoms with Crippen molar-refractivity contribution in [2.24, 2.45) is 5.11 Å². The van der Waals surface area contributed by atoms with Gasteiger partial charge in [0, 0.05) is 15.6 Å². The first-order valence-corrected chi connectivity index (χ1v) is 5.68. The largest absolute Gasteiger partial charge is 0.489 e. The summed E-state index contributed by atoms with van der Waals surface area (Å²) in [7, 11) is 0. The zero-order valence-electron chi connectivity index (χ0n) is 9.45. The van der Waals surface area contributed by atoms with Gasteiger partial charge in [-0.3, -0.25) is 0 Å². The monoisotopic (exact) mass is 259 g/mol. The average molecular weight is 260 g/mol. The number of rotatable bonds is 4. The lowest BCUT2D eigenvalue weighted by Gasteiger charge is -2.06. The highest BCUT2D eigenvalue weighted by Crippen LogP contribution is 2.19. The molecule has 2 aromatic carbocycles. The third-order valence-corrected chi connectivity index (χ3v) is 2.54. The summed E-state index contributed by atoms with van der Waals surface area (Å²) in [5.41, 5.74) is 9.88. The number of benzene rings is 2. The maximum atomic E-state index is 8.36. The zero-order chi connectivity index (χ0) is 12.8. The van der Waals surface area contributed by atoms with E-state index in [2.05, 4.69) is 10.0 Å². The minimum atomic E-state index is 0.413. The minimum absolute atomic E-state index is 0.413. The molecule has 18 heavy (non-hydrogen) atoms. The Balaban J connectivity index is 2.03. The second-order valence-electron chi connectivity index (χ2n) is 3.60. The number of halogens is 1. The molecule has 5 heteroatoms. The highest BCUT2D eigenvalue weighted by Gasteiger charge is 1.97. The molecule has 0 aliphatic heterocycles. The predicted molar refractivity (Wildman–Crippen MR) is 71.0 cm³/mol. The van der Waals surface area contributed by atoms with Crippen molar-refractivity contribution in [2.45, 2.75) is 6.61 Å². The van der Waals surface area contributed by atoms with Gasteiger partial charge >= 0.3 is 0 Å². The van der Waals surface area contributed by atoms with Crippen molar-refractivity contribution in [3.63, 3.8) is 0 Å². The van der Waals surface area contributed by atoms with Crippen LogP contribution in [0.15, 0.2) is 53.6 Å². The van der Waals surface area contributed by atoms with Gasteiger partial charge in [-0.05, 0) is 41.4 Å². The fourth-order valence-electron chi connectivity index (χ4n) is 1.46. The Morgan fingerprint density at radius 1 is 1.17 bits per heavy atom. The Hall–Kier alpha value is -2.16. The van der Waals surface area contributed by atoms with E-state index in [1.54, 1.807) is 36.4 Å². The summed E-state index contributed by atoms with van der Waals surface area (Å²) in [6, 6.07) is 14.4. The van der Waals surface area contributed by atoms with Gasteiger partial charge in [-0.15, -0.1) is 0 Å². The van der Waals surface area contributed by atoms with Crippen molar-refractivity contribution in [3.05, 3.63) is 69.6 Å². The number of hydrogen-bond acceptors (Lipinski definition) is 2. The third kappa shape index (κ3) is 3.42. The second-order valence-corrected chi connectivity index (χ2v) is 4.04. The first-order chi connectivity index (χ1) is 8.78. The molecule has 2 aromatic rings. The summed E-state index contributed by atoms with van der Waals surface area (Å²) < 4.78 is 5.59. The molecule has 0 bridgehead atoms. The van der Waals surface area contributed by atoms with Gasteiger partial charge < -0.3 is 4.74 Å². The van der Waals surface area contributed by atoms with Gasteiger partial charge in [-0.2, -0.15) is 0 Å². The topological polar surface area (TPSA) is 58.0 Å². The Bertz CT molecular complexity index is 577. The minimum Gasteiger partial charge on any atom is -0.489 e. The molecule has 0 saturated heterocycles. The summed E-state index contributed by atoms with van der Waals surface area (Å²) in [5, 5.41) is 4.22. The van der Waals surface area contributed by atoms with Crippen molar-refractivity contribution < 1.29 is 4.74 Å². The predicted octanol–water partition coefficient (Wildman–Crippen LogP) is 4.86. The van der Waals surface area contributed by atoms with E-state index < -0.39 is 0 Å². The lowest BCUT2D eigenvalue weighted by atomic mass is 10.2. The van der Waals surface area contributed by atoms with Gasteiger partial charge in [-0.1, -0.05) is 34.9 Å². The van der Waals surface area contributed by atoms with Gasteiger partial charge in [0.2, 0.25) is 0 Å². The number of ether oxygens (including phenoxy) is 1. The highest BCUT2D eigenvalue weighted by molar-refractivity contribution is 6.30. The van der Waals surface area contributed by atoms with Gasteiger partial charge in [0.25, 0.3) is 0 Å². The summed E-state index contributed by atoms with van der Waals surface area (Å²) in [6.45, 7) is 0.413. The molecule has 4 nitrogen and oxygen atoms in total. The van der Waals surface area contributed by atoms with Gasteiger partial charge in [0.15, 0.2) is 0 Å². The highest BCUT2D eigenvalue weighted by atomic mass is 35.5. The van der Waals surface area contributed by atoms with Crippen LogP contribution in [0, 0.1) is 0 Å². The zero-order valence-corrected chi connectivity index (χ0v) is 10.2. The molecular weight excluding hydrogens is 250 g/mol. The fourth-order valence-corrected chi connectivity index (χ4v) is 1.58. The lowest BCUT2D eigenvalue weighted by molar-refractivity contribution is 0.306. The van der Waals surface area contributed by atoms with Gasteiger partial charge in [0.05, 0.1) is 0 Å². The second kappa shape index (κ2) is 5.96. The van der Waals surface area contributed by atoms with Crippen molar-refractivity contribution >= 4 is 17.3 Å². The molecule has 0 saturated carbocycles. The Morgan fingerprint density at radius 2 is 1.94 bits per heavy atom. The Kier molecular flexibility index (Phi) is 4.07. The molecule has 0 unspecified atom stereocenters. The average Bonchev–Trinajstić information content (AvgIpc) is 2.39. The van der Waals surface area contributed by atoms with Crippen LogP contribution in [-0.4, -0.2) is 0 Å². The van der Waals surface area contributed by atoms with E-state index >= 15 is 0 Å². The van der Waals surface area contributed by atoms with E-state index in [9.17, 15) is 0 Å². The summed E-state index contributed by atoms with van der Waals surface area (Å²) in [6.07, 6.45) is 0. The van der Waals surface area contributed by atoms with Crippen LogP contribution in [0.5, 0.6) is 5.75 Å². The summed E-state index contributed by atoms with van der Waals surface area (Å²) >= 11 is 5.78. The maximum Gasteiger partial charge on any atom is 0.119 e. The van der Waals surface area contributed by atoms with Crippen LogP contribution in [0.3, 0.4) is 0 Å². The van der Waals surface area contributed by atoms with Crippen LogP contribution < -0.4 is 4.74 Å². The number of azide groups is 1. The van der Waals surface area contributed by atoms with Crippen LogP contribution in [0.4, 0.5) is 5.69 Å². The summed E-state index contributed by atoms with van der Waals surface area (Å²) in [5.74, 6) is 0.744. The first kappa shape index (κ1) is 12.3. The SMILES string of the molecule is [N-]=[N+]=Nc1cccc(COc2ccc(Cl)cc2)c1. The molecule has 0 aliphatic rings. The Labute approximate surface area is 109 Å². The van der Waals surface area contributed by atoms with Crippen LogP contribution in [-0.2, 0) is 6.61 Å². The summed E-state index contributed by atoms with van der Waals surface area (Å²) in [4.78, 5) is 2.74. The van der Waals surface area contributed by atoms with Crippen LogP contribution >= 0.6 is 11.6 Å². The van der Waals surface area contributed by atoms with Crippen LogP contribution in [0.1, 0.15) is 5.56 Å². The maximum absolute atomic E-state index is 8.36. The number of nitrogens with zero attached hydrogens (tertiary/aromatic N) is 3. The van der Waals surface area contributed by atoms with Gasteiger partial charge in [-0.25, -0.2) is 0 Å². The number of hydrogen-bond donors (Lipinski definition) is 0. The van der Waals surface area contributed by atoms with E-state index in [-0.39, 0.29) is 0 Å². The lowest BCUT2D eigenvalue weighted by Crippen LogP contribution is -1.94. The van der Waals surface area contributed by atoms with Crippen molar-refractivity contribution in [3.8, 4) is 5.75 Å². The Morgan fingerprint density at radius 3 is 2.67 bits per heavy atom. The molecular formula is C13H10ClN3O. The molecule has 0 aromatic heterocycles. The van der Waals surface area contributed by atoms with Crippen LogP contribution in [0.25, 0.3) is 10.4 Å². The molecule has 0 heterocycles. The van der Waals surface area contributed by atoms with E-state index in [0.29, 0.717) is 17.3 Å². The normalized spacial score (nSPS) is 9.61. The van der Waals surface area contributed by atoms with Crippen molar-refractivity contribution in [1.82, 2.24) is 0 Å². The molecule has 0 spiro atoms. The fraction of sp³-hybridized carbons (Fsp3) is 0.0769. The molecule has 0 radical (unpaired) electrons. The third-order valence-electron chi connectivity index (χ3n) is 2.29.